The minimum atomic E-state index is -0.0296. The molecule has 0 spiro atoms. The lowest BCUT2D eigenvalue weighted by atomic mass is 10.1. The Morgan fingerprint density at radius 3 is 2.52 bits per heavy atom. The largest absolute Gasteiger partial charge is 0.376 e. The minimum Gasteiger partial charge on any atom is -0.376 e. The number of aryl methyl sites for hydroxylation is 1. The van der Waals surface area contributed by atoms with Gasteiger partial charge in [-0.05, 0) is 50.3 Å². The van der Waals surface area contributed by atoms with Crippen molar-refractivity contribution in [3.05, 3.63) is 23.8 Å². The third kappa shape index (κ3) is 5.27. The van der Waals surface area contributed by atoms with Gasteiger partial charge in [-0.1, -0.05) is 19.9 Å². The first kappa shape index (κ1) is 17.3. The van der Waals surface area contributed by atoms with Crippen LogP contribution in [0.25, 0.3) is 0 Å². The Labute approximate surface area is 138 Å². The molecule has 23 heavy (non-hydrogen) atoms. The van der Waals surface area contributed by atoms with Crippen LogP contribution in [0.5, 0.6) is 0 Å². The predicted octanol–water partition coefficient (Wildman–Crippen LogP) is 2.92. The molecule has 3 N–H and O–H groups in total. The molecule has 0 aliphatic heterocycles. The van der Waals surface area contributed by atoms with Crippen LogP contribution in [-0.4, -0.2) is 24.4 Å². The quantitative estimate of drug-likeness (QED) is 0.724. The summed E-state index contributed by atoms with van der Waals surface area (Å²) >= 11 is 0. The molecule has 0 heterocycles. The van der Waals surface area contributed by atoms with Crippen molar-refractivity contribution < 1.29 is 9.59 Å². The second kappa shape index (κ2) is 7.49. The molecule has 0 bridgehead atoms. The minimum absolute atomic E-state index is 0.0296. The summed E-state index contributed by atoms with van der Waals surface area (Å²) < 4.78 is 0. The van der Waals surface area contributed by atoms with Gasteiger partial charge >= 0.3 is 0 Å². The summed E-state index contributed by atoms with van der Waals surface area (Å²) in [6.45, 7) is 8.35. The predicted molar refractivity (Wildman–Crippen MR) is 93.5 cm³/mol. The van der Waals surface area contributed by atoms with Crippen LogP contribution in [0.15, 0.2) is 18.2 Å². The second-order valence-electron chi connectivity index (χ2n) is 6.75. The number of hydrogen-bond acceptors (Lipinski definition) is 3. The van der Waals surface area contributed by atoms with E-state index in [1.807, 2.05) is 32.0 Å². The van der Waals surface area contributed by atoms with Gasteiger partial charge in [0.25, 0.3) is 0 Å². The second-order valence-corrected chi connectivity index (χ2v) is 6.75. The van der Waals surface area contributed by atoms with Crippen molar-refractivity contribution in [2.45, 2.75) is 46.6 Å². The molecule has 5 heteroatoms. The summed E-state index contributed by atoms with van der Waals surface area (Å²) in [6, 6.07) is 5.87. The lowest BCUT2D eigenvalue weighted by molar-refractivity contribution is -0.120. The van der Waals surface area contributed by atoms with Gasteiger partial charge in [0, 0.05) is 23.3 Å². The van der Waals surface area contributed by atoms with E-state index in [4.69, 9.17) is 0 Å². The van der Waals surface area contributed by atoms with Gasteiger partial charge in [-0.25, -0.2) is 0 Å². The molecule has 0 radical (unpaired) electrons. The Morgan fingerprint density at radius 1 is 1.22 bits per heavy atom. The monoisotopic (exact) mass is 317 g/mol. The standard InChI is InChI=1S/C18H27N3O2/c1-11(2)13(4)20-17(22)10-19-16-9-15(8-5-12(16)3)21-18(23)14-6-7-14/h5,8-9,11,13-14,19H,6-7,10H2,1-4H3,(H,20,22)(H,21,23)/t13-/m0/s1. The lowest BCUT2D eigenvalue weighted by Gasteiger charge is -2.18. The molecule has 1 aromatic carbocycles. The van der Waals surface area contributed by atoms with E-state index in [2.05, 4.69) is 29.8 Å². The summed E-state index contributed by atoms with van der Waals surface area (Å²) in [7, 11) is 0. The fourth-order valence-corrected chi connectivity index (χ4v) is 2.13. The topological polar surface area (TPSA) is 70.2 Å². The zero-order valence-electron chi connectivity index (χ0n) is 14.4. The summed E-state index contributed by atoms with van der Waals surface area (Å²) in [6.07, 6.45) is 1.97. The highest BCUT2D eigenvalue weighted by atomic mass is 16.2. The zero-order chi connectivity index (χ0) is 17.0. The number of anilines is 2. The first-order valence-corrected chi connectivity index (χ1v) is 8.31. The fourth-order valence-electron chi connectivity index (χ4n) is 2.13. The van der Waals surface area contributed by atoms with E-state index in [1.54, 1.807) is 0 Å². The third-order valence-electron chi connectivity index (χ3n) is 4.28. The number of amides is 2. The van der Waals surface area contributed by atoms with Crippen LogP contribution < -0.4 is 16.0 Å². The van der Waals surface area contributed by atoms with Gasteiger partial charge in [0.2, 0.25) is 11.8 Å². The van der Waals surface area contributed by atoms with E-state index in [0.717, 1.165) is 29.8 Å². The van der Waals surface area contributed by atoms with Crippen molar-refractivity contribution in [3.8, 4) is 0 Å². The summed E-state index contributed by atoms with van der Waals surface area (Å²) in [5, 5.41) is 9.05. The SMILES string of the molecule is Cc1ccc(NC(=O)C2CC2)cc1NCC(=O)N[C@@H](C)C(C)C. The van der Waals surface area contributed by atoms with Gasteiger partial charge in [0.05, 0.1) is 6.54 Å². The molecule has 1 aliphatic carbocycles. The van der Waals surface area contributed by atoms with Crippen molar-refractivity contribution in [2.75, 3.05) is 17.2 Å². The van der Waals surface area contributed by atoms with E-state index in [9.17, 15) is 9.59 Å². The summed E-state index contributed by atoms with van der Waals surface area (Å²) in [5.74, 6) is 0.638. The van der Waals surface area contributed by atoms with Crippen LogP contribution in [0.1, 0.15) is 39.2 Å². The molecule has 126 valence electrons. The number of nitrogens with one attached hydrogen (secondary N) is 3. The third-order valence-corrected chi connectivity index (χ3v) is 4.28. The molecular formula is C18H27N3O2. The number of carbonyl (C=O) groups excluding carboxylic acids is 2. The molecule has 0 unspecified atom stereocenters. The molecule has 1 aromatic rings. The van der Waals surface area contributed by atoms with Gasteiger partial charge < -0.3 is 16.0 Å². The summed E-state index contributed by atoms with van der Waals surface area (Å²) in [5.41, 5.74) is 2.68. The van der Waals surface area contributed by atoms with Crippen LogP contribution >= 0.6 is 0 Å². The number of benzene rings is 1. The van der Waals surface area contributed by atoms with Crippen LogP contribution in [0.4, 0.5) is 11.4 Å². The van der Waals surface area contributed by atoms with Crippen molar-refractivity contribution in [1.82, 2.24) is 5.32 Å². The van der Waals surface area contributed by atoms with E-state index < -0.39 is 0 Å². The number of carbonyl (C=O) groups is 2. The van der Waals surface area contributed by atoms with Crippen molar-refractivity contribution >= 4 is 23.2 Å². The van der Waals surface area contributed by atoms with E-state index in [0.29, 0.717) is 5.92 Å². The molecule has 1 saturated carbocycles. The lowest BCUT2D eigenvalue weighted by Crippen LogP contribution is -2.39. The molecule has 2 rings (SSSR count). The smallest absolute Gasteiger partial charge is 0.239 e. The first-order chi connectivity index (χ1) is 10.9. The Balaban J connectivity index is 1.90. The molecule has 1 atom stereocenters. The van der Waals surface area contributed by atoms with E-state index >= 15 is 0 Å². The van der Waals surface area contributed by atoms with Crippen LogP contribution in [0.2, 0.25) is 0 Å². The van der Waals surface area contributed by atoms with Gasteiger partial charge in [-0.15, -0.1) is 0 Å². The highest BCUT2D eigenvalue weighted by Crippen LogP contribution is 2.30. The van der Waals surface area contributed by atoms with Crippen LogP contribution in [-0.2, 0) is 9.59 Å². The van der Waals surface area contributed by atoms with Crippen LogP contribution in [0.3, 0.4) is 0 Å². The van der Waals surface area contributed by atoms with Gasteiger partial charge in [-0.3, -0.25) is 9.59 Å². The molecule has 2 amide bonds. The number of rotatable bonds is 7. The molecular weight excluding hydrogens is 290 g/mol. The Morgan fingerprint density at radius 2 is 1.91 bits per heavy atom. The normalized spacial score (nSPS) is 15.2. The molecule has 5 nitrogen and oxygen atoms in total. The first-order valence-electron chi connectivity index (χ1n) is 8.31. The van der Waals surface area contributed by atoms with Gasteiger partial charge in [-0.2, -0.15) is 0 Å². The zero-order valence-corrected chi connectivity index (χ0v) is 14.4. The van der Waals surface area contributed by atoms with Crippen molar-refractivity contribution in [1.29, 1.82) is 0 Å². The average molecular weight is 317 g/mol. The van der Waals surface area contributed by atoms with E-state index in [1.165, 1.54) is 0 Å². The van der Waals surface area contributed by atoms with E-state index in [-0.39, 0.29) is 30.3 Å². The molecule has 1 fully saturated rings. The maximum atomic E-state index is 12.0. The molecule has 0 saturated heterocycles. The van der Waals surface area contributed by atoms with Crippen molar-refractivity contribution in [3.63, 3.8) is 0 Å². The highest BCUT2D eigenvalue weighted by molar-refractivity contribution is 5.94. The van der Waals surface area contributed by atoms with Gasteiger partial charge in [0.15, 0.2) is 0 Å². The Hall–Kier alpha value is -2.04. The number of hydrogen-bond donors (Lipinski definition) is 3. The maximum Gasteiger partial charge on any atom is 0.239 e. The fraction of sp³-hybridized carbons (Fsp3) is 0.556. The molecule has 0 aromatic heterocycles. The average Bonchev–Trinajstić information content (AvgIpc) is 3.32. The Bertz CT molecular complexity index is 580. The van der Waals surface area contributed by atoms with Gasteiger partial charge in [0.1, 0.15) is 0 Å². The Kier molecular flexibility index (Phi) is 5.64. The molecule has 1 aliphatic rings. The van der Waals surface area contributed by atoms with Crippen molar-refractivity contribution in [2.24, 2.45) is 11.8 Å². The maximum absolute atomic E-state index is 12.0. The van der Waals surface area contributed by atoms with Crippen LogP contribution in [0, 0.1) is 18.8 Å². The summed E-state index contributed by atoms with van der Waals surface area (Å²) in [4.78, 5) is 23.8. The highest BCUT2D eigenvalue weighted by Gasteiger charge is 2.29.